The van der Waals surface area contributed by atoms with Crippen LogP contribution in [-0.4, -0.2) is 4.98 Å². The number of nitrogens with zero attached hydrogens (tertiary/aromatic N) is 1. The molecular formula is C10H8BrClN2. The van der Waals surface area contributed by atoms with E-state index in [1.807, 2.05) is 24.3 Å². The average molecular weight is 272 g/mol. The molecule has 0 radical (unpaired) electrons. The van der Waals surface area contributed by atoms with Gasteiger partial charge in [-0.25, -0.2) is 4.98 Å². The van der Waals surface area contributed by atoms with Crippen LogP contribution in [0.4, 0.5) is 0 Å². The number of rotatable bonds is 1. The molecule has 72 valence electrons. The third kappa shape index (κ3) is 1.75. The topological polar surface area (TPSA) is 38.9 Å². The summed E-state index contributed by atoms with van der Waals surface area (Å²) < 4.78 is 1.03. The lowest BCUT2D eigenvalue weighted by Gasteiger charge is -2.03. The van der Waals surface area contributed by atoms with Crippen molar-refractivity contribution in [2.75, 3.05) is 0 Å². The van der Waals surface area contributed by atoms with Crippen molar-refractivity contribution in [3.05, 3.63) is 39.5 Å². The Labute approximate surface area is 95.2 Å². The number of nitrogens with two attached hydrogens (primary N) is 1. The van der Waals surface area contributed by atoms with Gasteiger partial charge in [0.05, 0.1) is 5.52 Å². The molecule has 1 aromatic heterocycles. The SMILES string of the molecule is NCc1cc2cc(Br)ccc2nc1Cl. The van der Waals surface area contributed by atoms with Gasteiger partial charge in [-0.2, -0.15) is 0 Å². The van der Waals surface area contributed by atoms with Crippen molar-refractivity contribution >= 4 is 38.4 Å². The van der Waals surface area contributed by atoms with Gasteiger partial charge >= 0.3 is 0 Å². The van der Waals surface area contributed by atoms with Crippen LogP contribution < -0.4 is 5.73 Å². The van der Waals surface area contributed by atoms with Crippen LogP contribution in [0.3, 0.4) is 0 Å². The Hall–Kier alpha value is -0.640. The fourth-order valence-electron chi connectivity index (χ4n) is 1.31. The highest BCUT2D eigenvalue weighted by Crippen LogP contribution is 2.23. The molecule has 0 atom stereocenters. The van der Waals surface area contributed by atoms with Crippen LogP contribution in [0.1, 0.15) is 5.56 Å². The number of fused-ring (bicyclic) bond motifs is 1. The monoisotopic (exact) mass is 270 g/mol. The van der Waals surface area contributed by atoms with Gasteiger partial charge in [-0.05, 0) is 24.3 Å². The van der Waals surface area contributed by atoms with E-state index in [0.717, 1.165) is 20.9 Å². The van der Waals surface area contributed by atoms with Gasteiger partial charge in [-0.1, -0.05) is 27.5 Å². The molecular weight excluding hydrogens is 263 g/mol. The Morgan fingerprint density at radius 2 is 2.14 bits per heavy atom. The third-order valence-corrected chi connectivity index (χ3v) is 2.84. The first kappa shape index (κ1) is 9.90. The maximum Gasteiger partial charge on any atom is 0.134 e. The molecule has 2 nitrogen and oxygen atoms in total. The van der Waals surface area contributed by atoms with E-state index < -0.39 is 0 Å². The lowest BCUT2D eigenvalue weighted by atomic mass is 10.1. The number of halogens is 2. The van der Waals surface area contributed by atoms with Crippen LogP contribution >= 0.6 is 27.5 Å². The van der Waals surface area contributed by atoms with Crippen LogP contribution in [0.25, 0.3) is 10.9 Å². The van der Waals surface area contributed by atoms with Crippen molar-refractivity contribution in [3.63, 3.8) is 0 Å². The van der Waals surface area contributed by atoms with E-state index in [1.54, 1.807) is 0 Å². The molecule has 0 amide bonds. The first-order valence-electron chi connectivity index (χ1n) is 4.15. The molecule has 0 saturated heterocycles. The molecule has 0 bridgehead atoms. The summed E-state index contributed by atoms with van der Waals surface area (Å²) in [5.41, 5.74) is 7.30. The summed E-state index contributed by atoms with van der Waals surface area (Å²) in [5, 5.41) is 1.53. The highest BCUT2D eigenvalue weighted by atomic mass is 79.9. The number of hydrogen-bond acceptors (Lipinski definition) is 2. The van der Waals surface area contributed by atoms with Crippen LogP contribution in [0.2, 0.25) is 5.15 Å². The molecule has 4 heteroatoms. The van der Waals surface area contributed by atoms with Gasteiger partial charge in [0.1, 0.15) is 5.15 Å². The summed E-state index contributed by atoms with van der Waals surface area (Å²) in [6, 6.07) is 7.83. The Balaban J connectivity index is 2.73. The molecule has 2 rings (SSSR count). The lowest BCUT2D eigenvalue weighted by Crippen LogP contribution is -1.98. The predicted octanol–water partition coefficient (Wildman–Crippen LogP) is 3.11. The van der Waals surface area contributed by atoms with Crippen LogP contribution in [0.15, 0.2) is 28.7 Å². The van der Waals surface area contributed by atoms with Crippen molar-refractivity contribution in [2.24, 2.45) is 5.73 Å². The zero-order valence-corrected chi connectivity index (χ0v) is 9.64. The van der Waals surface area contributed by atoms with Gasteiger partial charge in [-0.15, -0.1) is 0 Å². The maximum absolute atomic E-state index is 5.94. The molecule has 0 unspecified atom stereocenters. The molecule has 0 aliphatic carbocycles. The minimum atomic E-state index is 0.411. The van der Waals surface area contributed by atoms with E-state index in [2.05, 4.69) is 20.9 Å². The fourth-order valence-corrected chi connectivity index (χ4v) is 1.91. The van der Waals surface area contributed by atoms with E-state index in [0.29, 0.717) is 11.7 Å². The molecule has 0 aliphatic rings. The number of pyridine rings is 1. The summed E-state index contributed by atoms with van der Waals surface area (Å²) in [6.45, 7) is 0.411. The summed E-state index contributed by atoms with van der Waals surface area (Å²) in [6.07, 6.45) is 0. The minimum Gasteiger partial charge on any atom is -0.326 e. The zero-order valence-electron chi connectivity index (χ0n) is 7.30. The van der Waals surface area contributed by atoms with Gasteiger partial charge in [0.15, 0.2) is 0 Å². The molecule has 0 fully saturated rings. The Bertz CT molecular complexity index is 485. The van der Waals surface area contributed by atoms with Crippen molar-refractivity contribution in [1.29, 1.82) is 0 Å². The van der Waals surface area contributed by atoms with Gasteiger partial charge in [0.2, 0.25) is 0 Å². The molecule has 14 heavy (non-hydrogen) atoms. The fraction of sp³-hybridized carbons (Fsp3) is 0.100. The third-order valence-electron chi connectivity index (χ3n) is 2.02. The van der Waals surface area contributed by atoms with Crippen LogP contribution in [-0.2, 0) is 6.54 Å². The van der Waals surface area contributed by atoms with Crippen LogP contribution in [0, 0.1) is 0 Å². The van der Waals surface area contributed by atoms with E-state index in [1.165, 1.54) is 0 Å². The molecule has 0 saturated carbocycles. The molecule has 1 aromatic carbocycles. The molecule has 1 heterocycles. The molecule has 2 N–H and O–H groups in total. The number of hydrogen-bond donors (Lipinski definition) is 1. The number of benzene rings is 1. The first-order valence-corrected chi connectivity index (χ1v) is 5.32. The predicted molar refractivity (Wildman–Crippen MR) is 62.3 cm³/mol. The van der Waals surface area contributed by atoms with E-state index in [9.17, 15) is 0 Å². The summed E-state index contributed by atoms with van der Waals surface area (Å²) in [7, 11) is 0. The Kier molecular flexibility index (Phi) is 2.72. The quantitative estimate of drug-likeness (QED) is 0.810. The second kappa shape index (κ2) is 3.85. The maximum atomic E-state index is 5.94. The van der Waals surface area contributed by atoms with Crippen LogP contribution in [0.5, 0.6) is 0 Å². The zero-order chi connectivity index (χ0) is 10.1. The van der Waals surface area contributed by atoms with Crippen molar-refractivity contribution in [3.8, 4) is 0 Å². The summed E-state index contributed by atoms with van der Waals surface area (Å²) in [4.78, 5) is 4.25. The number of aromatic nitrogens is 1. The first-order chi connectivity index (χ1) is 6.70. The largest absolute Gasteiger partial charge is 0.326 e. The molecule has 0 aliphatic heterocycles. The summed E-state index contributed by atoms with van der Waals surface area (Å²) >= 11 is 9.35. The van der Waals surface area contributed by atoms with Gasteiger partial charge in [0.25, 0.3) is 0 Å². The lowest BCUT2D eigenvalue weighted by molar-refractivity contribution is 1.06. The van der Waals surface area contributed by atoms with E-state index >= 15 is 0 Å². The van der Waals surface area contributed by atoms with Crippen molar-refractivity contribution in [2.45, 2.75) is 6.54 Å². The standard InChI is InChI=1S/C10H8BrClN2/c11-8-1-2-9-6(4-8)3-7(5-13)10(12)14-9/h1-4H,5,13H2. The summed E-state index contributed by atoms with van der Waals surface area (Å²) in [5.74, 6) is 0. The second-order valence-electron chi connectivity index (χ2n) is 2.98. The molecule has 2 aromatic rings. The van der Waals surface area contributed by atoms with E-state index in [4.69, 9.17) is 17.3 Å². The van der Waals surface area contributed by atoms with Gasteiger partial charge < -0.3 is 5.73 Å². The normalized spacial score (nSPS) is 10.8. The smallest absolute Gasteiger partial charge is 0.134 e. The van der Waals surface area contributed by atoms with Crippen molar-refractivity contribution in [1.82, 2.24) is 4.98 Å². The van der Waals surface area contributed by atoms with Crippen molar-refractivity contribution < 1.29 is 0 Å². The molecule has 0 spiro atoms. The highest BCUT2D eigenvalue weighted by molar-refractivity contribution is 9.10. The van der Waals surface area contributed by atoms with Gasteiger partial charge in [-0.3, -0.25) is 0 Å². The Morgan fingerprint density at radius 3 is 2.86 bits per heavy atom. The minimum absolute atomic E-state index is 0.411. The second-order valence-corrected chi connectivity index (χ2v) is 4.25. The average Bonchev–Trinajstić information content (AvgIpc) is 2.17. The van der Waals surface area contributed by atoms with E-state index in [-0.39, 0.29) is 0 Å². The highest BCUT2D eigenvalue weighted by Gasteiger charge is 2.03. The Morgan fingerprint density at radius 1 is 1.36 bits per heavy atom. The van der Waals surface area contributed by atoms with Gasteiger partial charge in [0, 0.05) is 22.0 Å².